The van der Waals surface area contributed by atoms with Crippen molar-refractivity contribution in [2.75, 3.05) is 14.2 Å². The molecule has 24 heavy (non-hydrogen) atoms. The van der Waals surface area contributed by atoms with E-state index in [0.717, 1.165) is 16.7 Å². The third-order valence-electron chi connectivity index (χ3n) is 3.47. The van der Waals surface area contributed by atoms with Gasteiger partial charge in [0.25, 0.3) is 0 Å². The molecule has 0 aliphatic rings. The van der Waals surface area contributed by atoms with Crippen molar-refractivity contribution >= 4 is 17.0 Å². The van der Waals surface area contributed by atoms with Gasteiger partial charge >= 0.3 is 5.97 Å². The maximum absolute atomic E-state index is 11.2. The number of methoxy groups -OCH3 is 2. The summed E-state index contributed by atoms with van der Waals surface area (Å²) >= 11 is 0. The first-order valence-electron chi connectivity index (χ1n) is 7.25. The second kappa shape index (κ2) is 6.84. The predicted molar refractivity (Wildman–Crippen MR) is 88.5 cm³/mol. The zero-order valence-electron chi connectivity index (χ0n) is 13.3. The number of ether oxygens (including phenoxy) is 2. The second-order valence-electron chi connectivity index (χ2n) is 4.97. The summed E-state index contributed by atoms with van der Waals surface area (Å²) in [6.45, 7) is 0.539. The first-order valence-corrected chi connectivity index (χ1v) is 7.25. The molecule has 0 bridgehead atoms. The van der Waals surface area contributed by atoms with Crippen LogP contribution in [0, 0.1) is 11.8 Å². The number of pyridine rings is 1. The van der Waals surface area contributed by atoms with E-state index in [2.05, 4.69) is 26.7 Å². The van der Waals surface area contributed by atoms with E-state index in [9.17, 15) is 4.79 Å². The summed E-state index contributed by atoms with van der Waals surface area (Å²) in [6.07, 6.45) is 1.70. The Bertz CT molecular complexity index is 934. The number of esters is 1. The van der Waals surface area contributed by atoms with Gasteiger partial charge in [-0.05, 0) is 35.7 Å². The lowest BCUT2D eigenvalue weighted by molar-refractivity contribution is -0.133. The van der Waals surface area contributed by atoms with E-state index in [-0.39, 0.29) is 0 Å². The molecule has 0 amide bonds. The van der Waals surface area contributed by atoms with Gasteiger partial charge in [-0.2, -0.15) is 5.10 Å². The van der Waals surface area contributed by atoms with Gasteiger partial charge < -0.3 is 9.47 Å². The predicted octanol–water partition coefficient (Wildman–Crippen LogP) is 2.01. The van der Waals surface area contributed by atoms with Gasteiger partial charge in [0.2, 0.25) is 0 Å². The number of aromatic nitrogens is 3. The molecule has 6 nitrogen and oxygen atoms in total. The molecule has 0 spiro atoms. The molecule has 6 heteroatoms. The molecule has 0 fully saturated rings. The van der Waals surface area contributed by atoms with Crippen LogP contribution in [0.4, 0.5) is 0 Å². The Hall–Kier alpha value is -3.33. The quantitative estimate of drug-likeness (QED) is 0.545. The van der Waals surface area contributed by atoms with Crippen LogP contribution in [0.25, 0.3) is 11.0 Å². The summed E-state index contributed by atoms with van der Waals surface area (Å²) in [5.74, 6) is 5.35. The van der Waals surface area contributed by atoms with Crippen molar-refractivity contribution in [2.24, 2.45) is 0 Å². The van der Waals surface area contributed by atoms with Crippen molar-refractivity contribution < 1.29 is 14.3 Å². The van der Waals surface area contributed by atoms with E-state index in [1.165, 1.54) is 7.11 Å². The number of hydrogen-bond acceptors (Lipinski definition) is 5. The minimum atomic E-state index is -0.600. The van der Waals surface area contributed by atoms with Crippen LogP contribution >= 0.6 is 0 Å². The summed E-state index contributed by atoms with van der Waals surface area (Å²) in [5.41, 5.74) is 2.26. The molecule has 0 N–H and O–H groups in total. The van der Waals surface area contributed by atoms with E-state index < -0.39 is 5.97 Å². The molecule has 0 aliphatic carbocycles. The fourth-order valence-electron chi connectivity index (χ4n) is 2.28. The van der Waals surface area contributed by atoms with Crippen molar-refractivity contribution in [1.29, 1.82) is 0 Å². The van der Waals surface area contributed by atoms with Crippen LogP contribution in [0.2, 0.25) is 0 Å². The van der Waals surface area contributed by atoms with Crippen molar-refractivity contribution in [3.05, 3.63) is 53.9 Å². The molecule has 3 aromatic rings. The number of nitrogens with zero attached hydrogens (tertiary/aromatic N) is 3. The zero-order valence-corrected chi connectivity index (χ0v) is 13.3. The molecule has 120 valence electrons. The van der Waals surface area contributed by atoms with E-state index in [0.29, 0.717) is 17.9 Å². The van der Waals surface area contributed by atoms with Gasteiger partial charge in [-0.15, -0.1) is 0 Å². The summed E-state index contributed by atoms with van der Waals surface area (Å²) in [7, 11) is 2.92. The molecule has 3 rings (SSSR count). The number of carbonyl (C=O) groups excluding carboxylic acids is 1. The number of rotatable bonds is 3. The number of fused-ring (bicyclic) bond motifs is 1. The number of carbonyl (C=O) groups is 1. The van der Waals surface area contributed by atoms with Crippen LogP contribution in [0.3, 0.4) is 0 Å². The molecule has 0 radical (unpaired) electrons. The fourth-order valence-corrected chi connectivity index (χ4v) is 2.28. The molecular weight excluding hydrogens is 306 g/mol. The lowest BCUT2D eigenvalue weighted by Gasteiger charge is -2.04. The highest BCUT2D eigenvalue weighted by molar-refractivity contribution is 5.90. The summed E-state index contributed by atoms with van der Waals surface area (Å²) in [6, 6.07) is 11.4. The van der Waals surface area contributed by atoms with Gasteiger partial charge in [0.15, 0.2) is 5.65 Å². The molecule has 0 atom stereocenters. The maximum atomic E-state index is 11.2. The Morgan fingerprint density at radius 3 is 2.71 bits per heavy atom. The largest absolute Gasteiger partial charge is 0.497 e. The monoisotopic (exact) mass is 321 g/mol. The van der Waals surface area contributed by atoms with Crippen LogP contribution in [0.1, 0.15) is 11.3 Å². The Balaban J connectivity index is 1.98. The van der Waals surface area contributed by atoms with Crippen LogP contribution in [0.15, 0.2) is 42.6 Å². The highest BCUT2D eigenvalue weighted by Crippen LogP contribution is 2.18. The minimum Gasteiger partial charge on any atom is -0.497 e. The Kier molecular flexibility index (Phi) is 4.43. The molecule has 2 aromatic heterocycles. The van der Waals surface area contributed by atoms with Gasteiger partial charge in [0.1, 0.15) is 11.4 Å². The van der Waals surface area contributed by atoms with Crippen molar-refractivity contribution in [1.82, 2.24) is 14.8 Å². The number of hydrogen-bond donors (Lipinski definition) is 0. The lowest BCUT2D eigenvalue weighted by atomic mass is 10.2. The van der Waals surface area contributed by atoms with Crippen molar-refractivity contribution in [2.45, 2.75) is 6.54 Å². The molecule has 2 heterocycles. The summed E-state index contributed by atoms with van der Waals surface area (Å²) in [5, 5.41) is 5.27. The van der Waals surface area contributed by atoms with Gasteiger partial charge in [0.05, 0.1) is 26.2 Å². The molecule has 1 aromatic carbocycles. The van der Waals surface area contributed by atoms with Gasteiger partial charge in [0, 0.05) is 12.1 Å². The van der Waals surface area contributed by atoms with E-state index in [4.69, 9.17) is 4.74 Å². The topological polar surface area (TPSA) is 66.2 Å². The maximum Gasteiger partial charge on any atom is 0.384 e. The first-order chi connectivity index (χ1) is 11.7. The van der Waals surface area contributed by atoms with E-state index in [1.54, 1.807) is 18.0 Å². The second-order valence-corrected chi connectivity index (χ2v) is 4.97. The fraction of sp³-hybridized carbons (Fsp3) is 0.167. The Morgan fingerprint density at radius 2 is 2.00 bits per heavy atom. The van der Waals surface area contributed by atoms with Crippen LogP contribution < -0.4 is 4.74 Å². The molecular formula is C18H15N3O3. The lowest BCUT2D eigenvalue weighted by Crippen LogP contribution is -2.03. The van der Waals surface area contributed by atoms with E-state index >= 15 is 0 Å². The molecule has 0 saturated carbocycles. The SMILES string of the molecule is COC(=O)C#Cc1nn(Cc2ccc(OC)cc2)c2ncccc12. The average Bonchev–Trinajstić information content (AvgIpc) is 2.98. The third kappa shape index (κ3) is 3.20. The molecule has 0 aliphatic heterocycles. The highest BCUT2D eigenvalue weighted by Gasteiger charge is 2.10. The van der Waals surface area contributed by atoms with Crippen LogP contribution in [-0.4, -0.2) is 35.0 Å². The zero-order chi connectivity index (χ0) is 16.9. The normalized spacial score (nSPS) is 10.1. The first kappa shape index (κ1) is 15.6. The molecule has 0 unspecified atom stereocenters. The van der Waals surface area contributed by atoms with Crippen molar-refractivity contribution in [3.63, 3.8) is 0 Å². The van der Waals surface area contributed by atoms with Gasteiger partial charge in [-0.1, -0.05) is 12.1 Å². The summed E-state index contributed by atoms with van der Waals surface area (Å²) in [4.78, 5) is 15.6. The third-order valence-corrected chi connectivity index (χ3v) is 3.47. The Morgan fingerprint density at radius 1 is 1.21 bits per heavy atom. The number of benzene rings is 1. The van der Waals surface area contributed by atoms with E-state index in [1.807, 2.05) is 36.4 Å². The van der Waals surface area contributed by atoms with Gasteiger partial charge in [-0.25, -0.2) is 14.5 Å². The van der Waals surface area contributed by atoms with Gasteiger partial charge in [-0.3, -0.25) is 0 Å². The van der Waals surface area contributed by atoms with Crippen LogP contribution in [0.5, 0.6) is 5.75 Å². The average molecular weight is 321 g/mol. The minimum absolute atomic E-state index is 0.497. The Labute approximate surface area is 139 Å². The molecule has 0 saturated heterocycles. The summed E-state index contributed by atoms with van der Waals surface area (Å²) < 4.78 is 11.5. The highest BCUT2D eigenvalue weighted by atomic mass is 16.5. The van der Waals surface area contributed by atoms with Crippen LogP contribution in [-0.2, 0) is 16.1 Å². The van der Waals surface area contributed by atoms with Crippen molar-refractivity contribution in [3.8, 4) is 17.6 Å². The smallest absolute Gasteiger partial charge is 0.384 e. The standard InChI is InChI=1S/C18H15N3O3/c1-23-14-7-5-13(6-8-14)12-21-18-15(4-3-11-19-18)16(20-21)9-10-17(22)24-2/h3-8,11H,12H2,1-2H3.